The summed E-state index contributed by atoms with van der Waals surface area (Å²) in [5, 5.41) is 0. The third-order valence-corrected chi connectivity index (χ3v) is 4.12. The standard InChI is InChI=1S/C17H18N4O/c1-19-15(17(22)21-10-6-2-3-7-11-21)14-12-8-4-5-9-13(12)16(18)20-14/h4-5,8-9H,2-3,6-7,10-11H2,(H2,18,20)/b15-14+. The van der Waals surface area contributed by atoms with Gasteiger partial charge >= 0.3 is 0 Å². The topological polar surface area (TPSA) is 63.0 Å². The van der Waals surface area contributed by atoms with Gasteiger partial charge in [-0.1, -0.05) is 37.1 Å². The predicted molar refractivity (Wildman–Crippen MR) is 85.7 cm³/mol. The van der Waals surface area contributed by atoms with Crippen molar-refractivity contribution in [1.29, 1.82) is 0 Å². The summed E-state index contributed by atoms with van der Waals surface area (Å²) in [7, 11) is 0. The minimum atomic E-state index is -0.222. The van der Waals surface area contributed by atoms with E-state index in [0.29, 0.717) is 24.6 Å². The quantitative estimate of drug-likeness (QED) is 0.638. The maximum Gasteiger partial charge on any atom is 0.275 e. The van der Waals surface area contributed by atoms with Crippen LogP contribution in [0.1, 0.15) is 36.8 Å². The molecule has 0 saturated carbocycles. The van der Waals surface area contributed by atoms with Gasteiger partial charge < -0.3 is 10.6 Å². The van der Waals surface area contributed by atoms with Crippen molar-refractivity contribution >= 4 is 17.4 Å². The lowest BCUT2D eigenvalue weighted by molar-refractivity contribution is -0.126. The van der Waals surface area contributed by atoms with E-state index in [2.05, 4.69) is 9.84 Å². The minimum Gasteiger partial charge on any atom is -0.383 e. The molecule has 22 heavy (non-hydrogen) atoms. The molecule has 1 amide bonds. The normalized spacial score (nSPS) is 19.8. The van der Waals surface area contributed by atoms with Crippen LogP contribution in [0.2, 0.25) is 0 Å². The zero-order valence-electron chi connectivity index (χ0n) is 12.4. The second-order valence-electron chi connectivity index (χ2n) is 5.56. The Bertz CT molecular complexity index is 704. The Balaban J connectivity index is 2.01. The van der Waals surface area contributed by atoms with E-state index in [1.54, 1.807) is 4.90 Å². The third kappa shape index (κ3) is 2.48. The molecule has 2 aliphatic heterocycles. The molecule has 3 rings (SSSR count). The average molecular weight is 294 g/mol. The molecule has 1 aromatic carbocycles. The van der Waals surface area contributed by atoms with Gasteiger partial charge in [0, 0.05) is 24.2 Å². The number of amides is 1. The summed E-state index contributed by atoms with van der Waals surface area (Å²) in [5.74, 6) is 0.149. The maximum absolute atomic E-state index is 12.7. The highest BCUT2D eigenvalue weighted by molar-refractivity contribution is 6.14. The number of nitrogens with two attached hydrogens (primary N) is 1. The SMILES string of the molecule is [C-]#[N+]/C(C(=O)N1CCCCCC1)=C1/N=C(N)c2ccccc21. The van der Waals surface area contributed by atoms with Crippen LogP contribution >= 0.6 is 0 Å². The van der Waals surface area contributed by atoms with E-state index in [9.17, 15) is 4.79 Å². The number of fused-ring (bicyclic) bond motifs is 1. The van der Waals surface area contributed by atoms with Crippen molar-refractivity contribution in [2.45, 2.75) is 25.7 Å². The predicted octanol–water partition coefficient (Wildman–Crippen LogP) is 2.40. The lowest BCUT2D eigenvalue weighted by Crippen LogP contribution is -2.32. The number of aliphatic imine (C=N–C) groups is 1. The second-order valence-corrected chi connectivity index (χ2v) is 5.56. The molecule has 0 atom stereocenters. The van der Waals surface area contributed by atoms with Gasteiger partial charge in [-0.3, -0.25) is 4.79 Å². The number of amidine groups is 1. The van der Waals surface area contributed by atoms with Gasteiger partial charge in [-0.2, -0.15) is 0 Å². The number of hydrogen-bond donors (Lipinski definition) is 1. The molecule has 0 aliphatic carbocycles. The Morgan fingerprint density at radius 3 is 2.41 bits per heavy atom. The van der Waals surface area contributed by atoms with Gasteiger partial charge in [-0.15, -0.1) is 0 Å². The van der Waals surface area contributed by atoms with E-state index in [0.717, 1.165) is 36.8 Å². The van der Waals surface area contributed by atoms with Crippen molar-refractivity contribution in [1.82, 2.24) is 4.90 Å². The van der Waals surface area contributed by atoms with Crippen LogP contribution in [-0.4, -0.2) is 29.7 Å². The number of hydrogen-bond acceptors (Lipinski definition) is 3. The third-order valence-electron chi connectivity index (χ3n) is 4.12. The number of likely N-dealkylation sites (tertiary alicyclic amines) is 1. The zero-order chi connectivity index (χ0) is 15.5. The molecular weight excluding hydrogens is 276 g/mol. The minimum absolute atomic E-state index is 0.0785. The molecule has 1 aromatic rings. The number of rotatable bonds is 1. The summed E-state index contributed by atoms with van der Waals surface area (Å²) in [6.45, 7) is 8.87. The average Bonchev–Trinajstić information content (AvgIpc) is 2.73. The Hall–Kier alpha value is -2.61. The van der Waals surface area contributed by atoms with Gasteiger partial charge in [-0.25, -0.2) is 9.84 Å². The highest BCUT2D eigenvalue weighted by Gasteiger charge is 2.28. The highest BCUT2D eigenvalue weighted by atomic mass is 16.2. The Labute approximate surface area is 130 Å². The molecule has 1 saturated heterocycles. The molecule has 2 heterocycles. The smallest absolute Gasteiger partial charge is 0.275 e. The molecular formula is C17H18N4O. The van der Waals surface area contributed by atoms with Crippen molar-refractivity contribution < 1.29 is 4.79 Å². The summed E-state index contributed by atoms with van der Waals surface area (Å²) in [6.07, 6.45) is 4.27. The highest BCUT2D eigenvalue weighted by Crippen LogP contribution is 2.31. The maximum atomic E-state index is 12.7. The molecule has 2 N–H and O–H groups in total. The van der Waals surface area contributed by atoms with E-state index in [4.69, 9.17) is 12.3 Å². The van der Waals surface area contributed by atoms with Crippen LogP contribution in [-0.2, 0) is 4.79 Å². The van der Waals surface area contributed by atoms with E-state index in [1.807, 2.05) is 24.3 Å². The van der Waals surface area contributed by atoms with Crippen LogP contribution < -0.4 is 5.73 Å². The first kappa shape index (κ1) is 14.3. The van der Waals surface area contributed by atoms with Crippen LogP contribution in [0.15, 0.2) is 35.0 Å². The summed E-state index contributed by atoms with van der Waals surface area (Å²) >= 11 is 0. The molecule has 0 spiro atoms. The molecule has 0 bridgehead atoms. The van der Waals surface area contributed by atoms with Crippen LogP contribution in [0.3, 0.4) is 0 Å². The van der Waals surface area contributed by atoms with Crippen molar-refractivity contribution in [3.63, 3.8) is 0 Å². The van der Waals surface area contributed by atoms with Crippen molar-refractivity contribution in [2.24, 2.45) is 10.7 Å². The second kappa shape index (κ2) is 6.02. The van der Waals surface area contributed by atoms with E-state index in [1.165, 1.54) is 0 Å². The number of carbonyl (C=O) groups excluding carboxylic acids is 1. The first-order valence-corrected chi connectivity index (χ1v) is 7.57. The van der Waals surface area contributed by atoms with E-state index in [-0.39, 0.29) is 11.6 Å². The van der Waals surface area contributed by atoms with E-state index < -0.39 is 0 Å². The molecule has 112 valence electrons. The zero-order valence-corrected chi connectivity index (χ0v) is 12.4. The van der Waals surface area contributed by atoms with Gasteiger partial charge in [0.15, 0.2) is 0 Å². The number of benzene rings is 1. The summed E-state index contributed by atoms with van der Waals surface area (Å²) < 4.78 is 0. The van der Waals surface area contributed by atoms with Gasteiger partial charge in [0.1, 0.15) is 5.84 Å². The van der Waals surface area contributed by atoms with Gasteiger partial charge in [0.05, 0.1) is 12.3 Å². The van der Waals surface area contributed by atoms with Gasteiger partial charge in [-0.05, 0) is 12.8 Å². The first-order chi connectivity index (χ1) is 10.7. The number of carbonyl (C=O) groups is 1. The van der Waals surface area contributed by atoms with Gasteiger partial charge in [0.25, 0.3) is 11.6 Å². The fourth-order valence-corrected chi connectivity index (χ4v) is 2.96. The molecule has 0 aromatic heterocycles. The molecule has 1 fully saturated rings. The van der Waals surface area contributed by atoms with Gasteiger partial charge in [0.2, 0.25) is 0 Å². The van der Waals surface area contributed by atoms with Crippen LogP contribution in [0.4, 0.5) is 0 Å². The molecule has 2 aliphatic rings. The summed E-state index contributed by atoms with van der Waals surface area (Å²) in [4.78, 5) is 22.3. The number of nitrogens with zero attached hydrogens (tertiary/aromatic N) is 3. The fraction of sp³-hybridized carbons (Fsp3) is 0.353. The van der Waals surface area contributed by atoms with Crippen LogP contribution in [0.25, 0.3) is 10.5 Å². The lowest BCUT2D eigenvalue weighted by Gasteiger charge is -2.20. The summed E-state index contributed by atoms with van der Waals surface area (Å²) in [5.41, 5.74) is 7.98. The van der Waals surface area contributed by atoms with E-state index >= 15 is 0 Å². The molecule has 0 radical (unpaired) electrons. The lowest BCUT2D eigenvalue weighted by atomic mass is 10.1. The Morgan fingerprint density at radius 1 is 1.14 bits per heavy atom. The molecule has 0 unspecified atom stereocenters. The van der Waals surface area contributed by atoms with Crippen LogP contribution in [0, 0.1) is 6.57 Å². The first-order valence-electron chi connectivity index (χ1n) is 7.57. The van der Waals surface area contributed by atoms with Crippen molar-refractivity contribution in [3.05, 3.63) is 52.5 Å². The largest absolute Gasteiger partial charge is 0.383 e. The molecule has 5 heteroatoms. The van der Waals surface area contributed by atoms with Crippen molar-refractivity contribution in [3.8, 4) is 0 Å². The van der Waals surface area contributed by atoms with Crippen LogP contribution in [0.5, 0.6) is 0 Å². The van der Waals surface area contributed by atoms with Crippen molar-refractivity contribution in [2.75, 3.05) is 13.1 Å². The monoisotopic (exact) mass is 294 g/mol. The fourth-order valence-electron chi connectivity index (χ4n) is 2.96. The Morgan fingerprint density at radius 2 is 1.77 bits per heavy atom. The Kier molecular flexibility index (Phi) is 3.92. The molecule has 5 nitrogen and oxygen atoms in total. The summed E-state index contributed by atoms with van der Waals surface area (Å²) in [6, 6.07) is 7.46.